The van der Waals surface area contributed by atoms with Crippen LogP contribution in [0.5, 0.6) is 0 Å². The Balaban J connectivity index is 2.03. The smallest absolute Gasteiger partial charge is 0.278 e. The van der Waals surface area contributed by atoms with Crippen molar-refractivity contribution < 1.29 is 34.4 Å². The SMILES string of the molecule is Nc1cc(C#CC#CS(N)(=O)=O)cc(-c2ccc(N)cc2C#CC2=CC[C@H](S(=O)(=O)O)[C@H](S(=O)(=O)O)C2)c1. The average molecular weight is 576 g/mol. The topological polar surface area (TPSA) is 221 Å². The van der Waals surface area contributed by atoms with E-state index in [-0.39, 0.29) is 12.0 Å². The van der Waals surface area contributed by atoms with Crippen molar-refractivity contribution in [2.24, 2.45) is 5.14 Å². The van der Waals surface area contributed by atoms with E-state index in [1.165, 1.54) is 6.08 Å². The first-order chi connectivity index (χ1) is 17.5. The number of anilines is 2. The Bertz CT molecular complexity index is 1850. The lowest BCUT2D eigenvalue weighted by Gasteiger charge is -2.25. The summed E-state index contributed by atoms with van der Waals surface area (Å²) >= 11 is 0. The van der Waals surface area contributed by atoms with E-state index >= 15 is 0 Å². The van der Waals surface area contributed by atoms with Gasteiger partial charge in [-0.05, 0) is 59.4 Å². The van der Waals surface area contributed by atoms with E-state index in [0.717, 1.165) is 0 Å². The summed E-state index contributed by atoms with van der Waals surface area (Å²) in [5.41, 5.74) is 14.9. The molecule has 8 N–H and O–H groups in total. The number of benzene rings is 2. The summed E-state index contributed by atoms with van der Waals surface area (Å²) in [6.07, 6.45) is 0.601. The normalized spacial score (nSPS) is 17.5. The van der Waals surface area contributed by atoms with E-state index in [0.29, 0.717) is 33.6 Å². The fraction of sp³-hybridized carbons (Fsp3) is 0.167. The minimum atomic E-state index is -4.80. The third-order valence-electron chi connectivity index (χ3n) is 5.33. The van der Waals surface area contributed by atoms with Crippen molar-refractivity contribution in [1.29, 1.82) is 0 Å². The van der Waals surface area contributed by atoms with Crippen molar-refractivity contribution in [3.05, 3.63) is 59.2 Å². The molecule has 1 aliphatic carbocycles. The summed E-state index contributed by atoms with van der Waals surface area (Å²) in [5, 5.41) is 3.11. The first-order valence-corrected chi connectivity index (χ1v) is 15.1. The molecule has 2 atom stereocenters. The van der Waals surface area contributed by atoms with Gasteiger partial charge in [0.25, 0.3) is 30.3 Å². The van der Waals surface area contributed by atoms with Gasteiger partial charge in [0.05, 0.1) is 5.25 Å². The third kappa shape index (κ3) is 7.84. The van der Waals surface area contributed by atoms with Crippen LogP contribution < -0.4 is 16.6 Å². The summed E-state index contributed by atoms with van der Waals surface area (Å²) in [5.74, 6) is 12.9. The van der Waals surface area contributed by atoms with Gasteiger partial charge in [0.15, 0.2) is 0 Å². The second kappa shape index (κ2) is 10.9. The standard InChI is InChI=1S/C24H21N3O8S3/c25-20-7-8-22(19-11-17(12-21(26)15-19)3-1-2-10-36(27,28)29)18(14-20)6-4-16-5-9-23(37(30,31)32)24(13-16)38(33,34)35/h5,7-8,11-12,14-15,23-24H,9,13,25-26H2,(H2,27,28,29)(H,30,31,32)(H,33,34,35)/t23-,24+/m0/s1. The van der Waals surface area contributed by atoms with Gasteiger partial charge in [0.1, 0.15) is 10.5 Å². The molecule has 0 unspecified atom stereocenters. The van der Waals surface area contributed by atoms with E-state index in [1.807, 2.05) is 0 Å². The van der Waals surface area contributed by atoms with Crippen molar-refractivity contribution in [2.45, 2.75) is 23.3 Å². The number of nitrogens with two attached hydrogens (primary N) is 3. The van der Waals surface area contributed by atoms with Gasteiger partial charge in [-0.1, -0.05) is 29.9 Å². The Morgan fingerprint density at radius 3 is 2.11 bits per heavy atom. The van der Waals surface area contributed by atoms with Crippen molar-refractivity contribution in [3.8, 4) is 46.0 Å². The van der Waals surface area contributed by atoms with Crippen LogP contribution in [0.1, 0.15) is 24.0 Å². The lowest BCUT2D eigenvalue weighted by Crippen LogP contribution is -2.41. The van der Waals surface area contributed by atoms with Gasteiger partial charge in [-0.15, -0.1) is 0 Å². The summed E-state index contributed by atoms with van der Waals surface area (Å²) in [7, 11) is -13.5. The maximum absolute atomic E-state index is 11.8. The zero-order valence-electron chi connectivity index (χ0n) is 19.4. The molecule has 38 heavy (non-hydrogen) atoms. The molecule has 0 fully saturated rings. The van der Waals surface area contributed by atoms with Crippen LogP contribution in [0.15, 0.2) is 48.0 Å². The molecule has 11 nitrogen and oxygen atoms in total. The first-order valence-electron chi connectivity index (χ1n) is 10.5. The predicted octanol–water partition coefficient (Wildman–Crippen LogP) is 0.703. The zero-order valence-corrected chi connectivity index (χ0v) is 21.9. The first kappa shape index (κ1) is 28.8. The zero-order chi connectivity index (χ0) is 28.3. The van der Waals surface area contributed by atoms with Crippen molar-refractivity contribution >= 4 is 41.6 Å². The molecule has 2 aromatic rings. The molecule has 2 aromatic carbocycles. The summed E-state index contributed by atoms with van der Waals surface area (Å²) in [6.45, 7) is 0. The Kier molecular flexibility index (Phi) is 8.24. The fourth-order valence-electron chi connectivity index (χ4n) is 3.70. The van der Waals surface area contributed by atoms with Crippen molar-refractivity contribution in [3.63, 3.8) is 0 Å². The quantitative estimate of drug-likeness (QED) is 0.196. The van der Waals surface area contributed by atoms with Crippen LogP contribution in [0.3, 0.4) is 0 Å². The molecule has 0 spiro atoms. The van der Waals surface area contributed by atoms with E-state index in [1.54, 1.807) is 41.7 Å². The van der Waals surface area contributed by atoms with Crippen molar-refractivity contribution in [2.75, 3.05) is 11.5 Å². The number of allylic oxidation sites excluding steroid dienone is 2. The molecule has 0 saturated carbocycles. The van der Waals surface area contributed by atoms with Gasteiger partial charge in [-0.3, -0.25) is 9.11 Å². The largest absolute Gasteiger partial charge is 0.399 e. The molecule has 14 heteroatoms. The monoisotopic (exact) mass is 575 g/mol. The van der Waals surface area contributed by atoms with E-state index in [2.05, 4.69) is 29.6 Å². The molecule has 1 aliphatic rings. The van der Waals surface area contributed by atoms with Gasteiger partial charge >= 0.3 is 0 Å². The minimum absolute atomic E-state index is 0.244. The van der Waals surface area contributed by atoms with Crippen LogP contribution >= 0.6 is 0 Å². The van der Waals surface area contributed by atoms with Gasteiger partial charge < -0.3 is 11.5 Å². The van der Waals surface area contributed by atoms with E-state index in [4.69, 9.17) is 16.6 Å². The molecule has 0 amide bonds. The molecular formula is C24H21N3O8S3. The second-order valence-corrected chi connectivity index (χ2v) is 12.8. The number of hydrogen-bond acceptors (Lipinski definition) is 8. The Morgan fingerprint density at radius 1 is 0.789 bits per heavy atom. The number of rotatable bonds is 3. The van der Waals surface area contributed by atoms with Crippen LogP contribution in [0.4, 0.5) is 11.4 Å². The van der Waals surface area contributed by atoms with Gasteiger partial charge in [0, 0.05) is 34.8 Å². The van der Waals surface area contributed by atoms with Gasteiger partial charge in [-0.2, -0.15) is 25.3 Å². The second-order valence-electron chi connectivity index (χ2n) is 8.20. The highest BCUT2D eigenvalue weighted by Gasteiger charge is 2.42. The summed E-state index contributed by atoms with van der Waals surface area (Å²) in [4.78, 5) is 0. The van der Waals surface area contributed by atoms with Crippen LogP contribution in [0.2, 0.25) is 0 Å². The average Bonchev–Trinajstić information content (AvgIpc) is 2.78. The molecule has 0 bridgehead atoms. The van der Waals surface area contributed by atoms with Crippen molar-refractivity contribution in [1.82, 2.24) is 0 Å². The molecule has 0 aromatic heterocycles. The number of sulfonamides is 1. The molecule has 0 heterocycles. The van der Waals surface area contributed by atoms with E-state index < -0.39 is 47.2 Å². The highest BCUT2D eigenvalue weighted by atomic mass is 32.2. The lowest BCUT2D eigenvalue weighted by atomic mass is 9.95. The van der Waals surface area contributed by atoms with Crippen LogP contribution in [0, 0.1) is 34.9 Å². The highest BCUT2D eigenvalue weighted by Crippen LogP contribution is 2.30. The Labute approximate surface area is 220 Å². The van der Waals surface area contributed by atoms with Crippen LogP contribution in [-0.4, -0.2) is 44.9 Å². The number of nitrogen functional groups attached to an aromatic ring is 2. The summed E-state index contributed by atoms with van der Waals surface area (Å²) in [6, 6.07) is 9.71. The lowest BCUT2D eigenvalue weighted by molar-refractivity contribution is 0.433. The molecular weight excluding hydrogens is 554 g/mol. The molecule has 0 saturated heterocycles. The Morgan fingerprint density at radius 2 is 1.47 bits per heavy atom. The van der Waals surface area contributed by atoms with Crippen LogP contribution in [0.25, 0.3) is 11.1 Å². The maximum Gasteiger partial charge on any atom is 0.278 e. The predicted molar refractivity (Wildman–Crippen MR) is 143 cm³/mol. The maximum atomic E-state index is 11.8. The number of hydrogen-bond donors (Lipinski definition) is 5. The van der Waals surface area contributed by atoms with Crippen LogP contribution in [-0.2, 0) is 30.3 Å². The molecule has 3 rings (SSSR count). The third-order valence-corrected chi connectivity index (χ3v) is 8.43. The van der Waals surface area contributed by atoms with Gasteiger partial charge in [-0.25, -0.2) is 5.14 Å². The molecule has 0 aliphatic heterocycles. The number of primary sulfonamides is 1. The van der Waals surface area contributed by atoms with E-state index in [9.17, 15) is 34.4 Å². The summed E-state index contributed by atoms with van der Waals surface area (Å²) < 4.78 is 87.4. The Hall–Kier alpha value is -3.81. The minimum Gasteiger partial charge on any atom is -0.399 e. The van der Waals surface area contributed by atoms with Gasteiger partial charge in [0.2, 0.25) is 0 Å². The fourth-order valence-corrected chi connectivity index (χ4v) is 6.44. The molecule has 0 radical (unpaired) electrons. The highest BCUT2D eigenvalue weighted by molar-refractivity contribution is 7.93. The molecule has 198 valence electrons.